The second-order valence-corrected chi connectivity index (χ2v) is 9.08. The standard InChI is InChI=1S/C31H31N3O3/c1-3-4-16-32-31(35)25-13-15-29-28(19-25)33-30(34(29)20-22-8-7-11-26(17-22)36-2)21-37-27-14-12-23-9-5-6-10-24(23)18-27/h5-15,17-19H,3-4,16,20-21H2,1-2H3,(H,32,35). The zero-order valence-corrected chi connectivity index (χ0v) is 21.2. The third-order valence-corrected chi connectivity index (χ3v) is 6.47. The molecule has 37 heavy (non-hydrogen) atoms. The summed E-state index contributed by atoms with van der Waals surface area (Å²) >= 11 is 0. The predicted octanol–water partition coefficient (Wildman–Crippen LogP) is 6.36. The number of nitrogens with zero attached hydrogens (tertiary/aromatic N) is 2. The fourth-order valence-corrected chi connectivity index (χ4v) is 4.45. The Morgan fingerprint density at radius 3 is 2.62 bits per heavy atom. The van der Waals surface area contributed by atoms with Gasteiger partial charge in [-0.15, -0.1) is 0 Å². The molecular weight excluding hydrogens is 462 g/mol. The van der Waals surface area contributed by atoms with Crippen LogP contribution in [0, 0.1) is 0 Å². The van der Waals surface area contributed by atoms with Crippen molar-refractivity contribution >= 4 is 27.7 Å². The number of carbonyl (C=O) groups is 1. The molecule has 5 rings (SSSR count). The van der Waals surface area contributed by atoms with E-state index in [1.807, 2.05) is 60.7 Å². The van der Waals surface area contributed by atoms with Crippen molar-refractivity contribution in [2.24, 2.45) is 0 Å². The molecule has 4 aromatic carbocycles. The van der Waals surface area contributed by atoms with E-state index in [0.29, 0.717) is 25.3 Å². The van der Waals surface area contributed by atoms with Crippen LogP contribution in [0.4, 0.5) is 0 Å². The summed E-state index contributed by atoms with van der Waals surface area (Å²) in [5, 5.41) is 5.29. The lowest BCUT2D eigenvalue weighted by atomic mass is 10.1. The van der Waals surface area contributed by atoms with Crippen molar-refractivity contribution in [2.75, 3.05) is 13.7 Å². The SMILES string of the molecule is CCCCNC(=O)c1ccc2c(c1)nc(COc1ccc3ccccc3c1)n2Cc1cccc(OC)c1. The van der Waals surface area contributed by atoms with Gasteiger partial charge >= 0.3 is 0 Å². The van der Waals surface area contributed by atoms with Crippen LogP contribution in [0.25, 0.3) is 21.8 Å². The van der Waals surface area contributed by atoms with Crippen molar-refractivity contribution in [1.82, 2.24) is 14.9 Å². The third-order valence-electron chi connectivity index (χ3n) is 6.47. The lowest BCUT2D eigenvalue weighted by Crippen LogP contribution is -2.24. The number of unbranched alkanes of at least 4 members (excludes halogenated alkanes) is 1. The summed E-state index contributed by atoms with van der Waals surface area (Å²) in [7, 11) is 1.67. The molecule has 1 heterocycles. The van der Waals surface area contributed by atoms with E-state index in [1.54, 1.807) is 7.11 Å². The topological polar surface area (TPSA) is 65.4 Å². The van der Waals surface area contributed by atoms with Gasteiger partial charge in [0.2, 0.25) is 0 Å². The maximum absolute atomic E-state index is 12.7. The zero-order chi connectivity index (χ0) is 25.6. The Labute approximate surface area is 216 Å². The monoisotopic (exact) mass is 493 g/mol. The molecular formula is C31H31N3O3. The maximum Gasteiger partial charge on any atom is 0.251 e. The largest absolute Gasteiger partial charge is 0.497 e. The Morgan fingerprint density at radius 1 is 0.919 bits per heavy atom. The normalized spacial score (nSPS) is 11.1. The van der Waals surface area contributed by atoms with E-state index in [4.69, 9.17) is 14.5 Å². The second kappa shape index (κ2) is 11.2. The third kappa shape index (κ3) is 5.59. The number of hydrogen-bond acceptors (Lipinski definition) is 4. The Hall–Kier alpha value is -4.32. The van der Waals surface area contributed by atoms with E-state index in [1.165, 1.54) is 5.39 Å². The molecule has 6 nitrogen and oxygen atoms in total. The van der Waals surface area contributed by atoms with Gasteiger partial charge in [0, 0.05) is 18.7 Å². The number of hydrogen-bond donors (Lipinski definition) is 1. The van der Waals surface area contributed by atoms with Crippen LogP contribution in [0.2, 0.25) is 0 Å². The van der Waals surface area contributed by atoms with Gasteiger partial charge in [0.05, 0.1) is 18.1 Å². The van der Waals surface area contributed by atoms with E-state index < -0.39 is 0 Å². The minimum Gasteiger partial charge on any atom is -0.497 e. The summed E-state index contributed by atoms with van der Waals surface area (Å²) in [4.78, 5) is 17.5. The molecule has 1 amide bonds. The highest BCUT2D eigenvalue weighted by molar-refractivity contribution is 5.97. The number of methoxy groups -OCH3 is 1. The lowest BCUT2D eigenvalue weighted by molar-refractivity contribution is 0.0953. The van der Waals surface area contributed by atoms with Crippen LogP contribution in [-0.2, 0) is 13.2 Å². The fourth-order valence-electron chi connectivity index (χ4n) is 4.45. The van der Waals surface area contributed by atoms with Gasteiger partial charge in [-0.2, -0.15) is 0 Å². The van der Waals surface area contributed by atoms with Crippen molar-refractivity contribution < 1.29 is 14.3 Å². The average molecular weight is 494 g/mol. The van der Waals surface area contributed by atoms with E-state index in [9.17, 15) is 4.79 Å². The van der Waals surface area contributed by atoms with Crippen LogP contribution < -0.4 is 14.8 Å². The lowest BCUT2D eigenvalue weighted by Gasteiger charge is -2.12. The molecule has 0 fully saturated rings. The molecule has 0 unspecified atom stereocenters. The molecule has 0 atom stereocenters. The number of fused-ring (bicyclic) bond motifs is 2. The summed E-state index contributed by atoms with van der Waals surface area (Å²) in [5.74, 6) is 2.30. The highest BCUT2D eigenvalue weighted by atomic mass is 16.5. The Bertz CT molecular complexity index is 1540. The van der Waals surface area contributed by atoms with Gasteiger partial charge in [0.25, 0.3) is 5.91 Å². The van der Waals surface area contributed by atoms with Crippen LogP contribution in [0.15, 0.2) is 84.9 Å². The number of carbonyl (C=O) groups excluding carboxylic acids is 1. The van der Waals surface area contributed by atoms with Gasteiger partial charge in [-0.3, -0.25) is 4.79 Å². The Morgan fingerprint density at radius 2 is 1.78 bits per heavy atom. The van der Waals surface area contributed by atoms with E-state index in [-0.39, 0.29) is 5.91 Å². The number of imidazole rings is 1. The van der Waals surface area contributed by atoms with Gasteiger partial charge < -0.3 is 19.4 Å². The van der Waals surface area contributed by atoms with Gasteiger partial charge in [-0.25, -0.2) is 4.98 Å². The minimum atomic E-state index is -0.0772. The zero-order valence-electron chi connectivity index (χ0n) is 21.2. The molecule has 0 bridgehead atoms. The molecule has 0 aliphatic heterocycles. The van der Waals surface area contributed by atoms with Gasteiger partial charge in [-0.05, 0) is 65.2 Å². The average Bonchev–Trinajstić information content (AvgIpc) is 3.28. The minimum absolute atomic E-state index is 0.0772. The molecule has 0 aliphatic carbocycles. The number of rotatable bonds is 10. The molecule has 6 heteroatoms. The first-order chi connectivity index (χ1) is 18.1. The maximum atomic E-state index is 12.7. The molecule has 188 valence electrons. The summed E-state index contributed by atoms with van der Waals surface area (Å²) in [6, 6.07) is 28.0. The number of amides is 1. The van der Waals surface area contributed by atoms with Crippen LogP contribution in [0.5, 0.6) is 11.5 Å². The number of nitrogens with one attached hydrogen (secondary N) is 1. The first-order valence-electron chi connectivity index (χ1n) is 12.7. The summed E-state index contributed by atoms with van der Waals surface area (Å²) in [6.07, 6.45) is 1.99. The Balaban J connectivity index is 1.46. The number of benzene rings is 4. The Kier molecular flexibility index (Phi) is 7.36. The van der Waals surface area contributed by atoms with Crippen LogP contribution in [-0.4, -0.2) is 29.1 Å². The number of ether oxygens (including phenoxy) is 2. The van der Waals surface area contributed by atoms with Crippen molar-refractivity contribution in [3.05, 3.63) is 102 Å². The van der Waals surface area contributed by atoms with Crippen molar-refractivity contribution in [3.8, 4) is 11.5 Å². The summed E-state index contributed by atoms with van der Waals surface area (Å²) in [6.45, 7) is 3.68. The van der Waals surface area contributed by atoms with E-state index >= 15 is 0 Å². The van der Waals surface area contributed by atoms with Crippen molar-refractivity contribution in [1.29, 1.82) is 0 Å². The molecule has 1 N–H and O–H groups in total. The highest BCUT2D eigenvalue weighted by Gasteiger charge is 2.15. The molecule has 0 spiro atoms. The highest BCUT2D eigenvalue weighted by Crippen LogP contribution is 2.25. The molecule has 5 aromatic rings. The second-order valence-electron chi connectivity index (χ2n) is 9.08. The van der Waals surface area contributed by atoms with E-state index in [0.717, 1.165) is 52.1 Å². The van der Waals surface area contributed by atoms with Crippen LogP contribution in [0.1, 0.15) is 41.5 Å². The van der Waals surface area contributed by atoms with Crippen molar-refractivity contribution in [3.63, 3.8) is 0 Å². The van der Waals surface area contributed by atoms with Gasteiger partial charge in [-0.1, -0.05) is 55.8 Å². The molecule has 0 aliphatic rings. The fraction of sp³-hybridized carbons (Fsp3) is 0.226. The molecule has 0 saturated heterocycles. The quantitative estimate of drug-likeness (QED) is 0.230. The summed E-state index contributed by atoms with van der Waals surface area (Å²) in [5.41, 5.74) is 3.41. The molecule has 0 radical (unpaired) electrons. The van der Waals surface area contributed by atoms with Crippen LogP contribution in [0.3, 0.4) is 0 Å². The first-order valence-corrected chi connectivity index (χ1v) is 12.7. The van der Waals surface area contributed by atoms with Crippen molar-refractivity contribution in [2.45, 2.75) is 32.9 Å². The molecule has 1 aromatic heterocycles. The van der Waals surface area contributed by atoms with Crippen LogP contribution >= 0.6 is 0 Å². The smallest absolute Gasteiger partial charge is 0.251 e. The van der Waals surface area contributed by atoms with Gasteiger partial charge in [0.1, 0.15) is 23.9 Å². The van der Waals surface area contributed by atoms with Gasteiger partial charge in [0.15, 0.2) is 0 Å². The predicted molar refractivity (Wildman–Crippen MR) is 147 cm³/mol. The van der Waals surface area contributed by atoms with E-state index in [2.05, 4.69) is 41.1 Å². The summed E-state index contributed by atoms with van der Waals surface area (Å²) < 4.78 is 13.8. The first kappa shape index (κ1) is 24.4. The number of aromatic nitrogens is 2. The molecule has 0 saturated carbocycles.